The second kappa shape index (κ2) is 6.21. The van der Waals surface area contributed by atoms with Crippen molar-refractivity contribution in [3.63, 3.8) is 0 Å². The van der Waals surface area contributed by atoms with E-state index in [1.807, 2.05) is 31.3 Å². The molecular weight excluding hydrogens is 250 g/mol. The normalized spacial score (nSPS) is 18.9. The van der Waals surface area contributed by atoms with Gasteiger partial charge in [0.05, 0.1) is 12.5 Å². The Hall–Kier alpha value is -1.06. The average Bonchev–Trinajstić information content (AvgIpc) is 2.81. The van der Waals surface area contributed by atoms with Crippen LogP contribution in [0.4, 0.5) is 0 Å². The zero-order chi connectivity index (χ0) is 13.0. The molecule has 0 spiro atoms. The summed E-state index contributed by atoms with van der Waals surface area (Å²) < 4.78 is 5.53. The van der Waals surface area contributed by atoms with E-state index in [4.69, 9.17) is 16.3 Å². The smallest absolute Gasteiger partial charge is 0.226 e. The molecule has 1 aromatic rings. The Kier molecular flexibility index (Phi) is 4.61. The molecular formula is C14H18ClNO2. The summed E-state index contributed by atoms with van der Waals surface area (Å²) in [6.45, 7) is 1.50. The van der Waals surface area contributed by atoms with E-state index >= 15 is 0 Å². The van der Waals surface area contributed by atoms with Gasteiger partial charge < -0.3 is 9.64 Å². The molecule has 1 amide bonds. The third-order valence-electron chi connectivity index (χ3n) is 3.17. The SMILES string of the molecule is CN(CC1CCCO1)C(=O)Cc1cccc(Cl)c1. The Labute approximate surface area is 113 Å². The summed E-state index contributed by atoms with van der Waals surface area (Å²) in [5.41, 5.74) is 0.951. The van der Waals surface area contributed by atoms with Gasteiger partial charge in [0.1, 0.15) is 0 Å². The first-order valence-electron chi connectivity index (χ1n) is 6.25. The summed E-state index contributed by atoms with van der Waals surface area (Å²) >= 11 is 5.90. The van der Waals surface area contributed by atoms with Crippen LogP contribution in [0.15, 0.2) is 24.3 Å². The lowest BCUT2D eigenvalue weighted by Crippen LogP contribution is -2.35. The molecule has 1 heterocycles. The Morgan fingerprint density at radius 3 is 3.06 bits per heavy atom. The van der Waals surface area contributed by atoms with Crippen molar-refractivity contribution in [1.29, 1.82) is 0 Å². The Morgan fingerprint density at radius 1 is 1.56 bits per heavy atom. The Bertz CT molecular complexity index is 416. The predicted octanol–water partition coefficient (Wildman–Crippen LogP) is 2.52. The minimum Gasteiger partial charge on any atom is -0.376 e. The molecule has 0 radical (unpaired) electrons. The maximum atomic E-state index is 12.0. The van der Waals surface area contributed by atoms with Crippen molar-refractivity contribution >= 4 is 17.5 Å². The number of amides is 1. The summed E-state index contributed by atoms with van der Waals surface area (Å²) in [5, 5.41) is 0.669. The molecule has 0 saturated carbocycles. The van der Waals surface area contributed by atoms with Crippen LogP contribution in [-0.2, 0) is 16.0 Å². The highest BCUT2D eigenvalue weighted by Gasteiger charge is 2.20. The Balaban J connectivity index is 1.86. The molecule has 1 saturated heterocycles. The van der Waals surface area contributed by atoms with Crippen LogP contribution in [0.2, 0.25) is 5.02 Å². The number of hydrogen-bond donors (Lipinski definition) is 0. The van der Waals surface area contributed by atoms with Crippen LogP contribution >= 0.6 is 11.6 Å². The fraction of sp³-hybridized carbons (Fsp3) is 0.500. The number of hydrogen-bond acceptors (Lipinski definition) is 2. The molecule has 0 N–H and O–H groups in total. The highest BCUT2D eigenvalue weighted by molar-refractivity contribution is 6.30. The number of nitrogens with zero attached hydrogens (tertiary/aromatic N) is 1. The molecule has 0 aromatic heterocycles. The van der Waals surface area contributed by atoms with E-state index in [9.17, 15) is 4.79 Å². The number of ether oxygens (including phenoxy) is 1. The van der Waals surface area contributed by atoms with E-state index in [2.05, 4.69) is 0 Å². The largest absolute Gasteiger partial charge is 0.376 e. The van der Waals surface area contributed by atoms with Gasteiger partial charge in [-0.15, -0.1) is 0 Å². The van der Waals surface area contributed by atoms with Crippen LogP contribution in [0.3, 0.4) is 0 Å². The van der Waals surface area contributed by atoms with Gasteiger partial charge in [-0.1, -0.05) is 23.7 Å². The second-order valence-corrected chi connectivity index (χ2v) is 5.15. The van der Waals surface area contributed by atoms with Crippen LogP contribution < -0.4 is 0 Å². The maximum Gasteiger partial charge on any atom is 0.226 e. The summed E-state index contributed by atoms with van der Waals surface area (Å²) in [5.74, 6) is 0.104. The summed E-state index contributed by atoms with van der Waals surface area (Å²) in [4.78, 5) is 13.8. The van der Waals surface area contributed by atoms with Gasteiger partial charge in [0.2, 0.25) is 5.91 Å². The molecule has 3 nitrogen and oxygen atoms in total. The van der Waals surface area contributed by atoms with Crippen LogP contribution in [0.25, 0.3) is 0 Å². The summed E-state index contributed by atoms with van der Waals surface area (Å²) in [7, 11) is 1.83. The number of likely N-dealkylation sites (N-methyl/N-ethyl adjacent to an activating group) is 1. The molecule has 1 aliphatic heterocycles. The number of rotatable bonds is 4. The van der Waals surface area contributed by atoms with Crippen molar-refractivity contribution in [2.45, 2.75) is 25.4 Å². The van der Waals surface area contributed by atoms with Gasteiger partial charge in [-0.25, -0.2) is 0 Å². The topological polar surface area (TPSA) is 29.5 Å². The fourth-order valence-electron chi connectivity index (χ4n) is 2.15. The van der Waals surface area contributed by atoms with E-state index in [1.165, 1.54) is 0 Å². The van der Waals surface area contributed by atoms with Crippen molar-refractivity contribution in [3.05, 3.63) is 34.9 Å². The van der Waals surface area contributed by atoms with Gasteiger partial charge in [-0.05, 0) is 30.5 Å². The first-order valence-corrected chi connectivity index (χ1v) is 6.63. The highest BCUT2D eigenvalue weighted by Crippen LogP contribution is 2.14. The Morgan fingerprint density at radius 2 is 2.39 bits per heavy atom. The van der Waals surface area contributed by atoms with Crippen molar-refractivity contribution in [1.82, 2.24) is 4.90 Å². The van der Waals surface area contributed by atoms with Crippen LogP contribution in [0.1, 0.15) is 18.4 Å². The number of carbonyl (C=O) groups is 1. The third kappa shape index (κ3) is 3.72. The van der Waals surface area contributed by atoms with E-state index in [1.54, 1.807) is 4.90 Å². The van der Waals surface area contributed by atoms with E-state index in [0.29, 0.717) is 18.0 Å². The number of carbonyl (C=O) groups excluding carboxylic acids is 1. The van der Waals surface area contributed by atoms with Gasteiger partial charge in [-0.2, -0.15) is 0 Å². The summed E-state index contributed by atoms with van der Waals surface area (Å²) in [6.07, 6.45) is 2.75. The lowest BCUT2D eigenvalue weighted by atomic mass is 10.1. The number of halogens is 1. The lowest BCUT2D eigenvalue weighted by Gasteiger charge is -2.20. The molecule has 0 aliphatic carbocycles. The molecule has 1 atom stereocenters. The minimum absolute atomic E-state index is 0.104. The molecule has 98 valence electrons. The standard InChI is InChI=1S/C14H18ClNO2/c1-16(10-13-6-3-7-18-13)14(17)9-11-4-2-5-12(15)8-11/h2,4-5,8,13H,3,6-7,9-10H2,1H3. The zero-order valence-corrected chi connectivity index (χ0v) is 11.3. The van der Waals surface area contributed by atoms with Gasteiger partial charge in [-0.3, -0.25) is 4.79 Å². The quantitative estimate of drug-likeness (QED) is 0.839. The molecule has 2 rings (SSSR count). The first-order chi connectivity index (χ1) is 8.65. The van der Waals surface area contributed by atoms with Crippen molar-refractivity contribution in [3.8, 4) is 0 Å². The molecule has 1 unspecified atom stereocenters. The van der Waals surface area contributed by atoms with Crippen molar-refractivity contribution < 1.29 is 9.53 Å². The molecule has 4 heteroatoms. The van der Waals surface area contributed by atoms with Crippen molar-refractivity contribution in [2.75, 3.05) is 20.2 Å². The van der Waals surface area contributed by atoms with Gasteiger partial charge >= 0.3 is 0 Å². The highest BCUT2D eigenvalue weighted by atomic mass is 35.5. The summed E-state index contributed by atoms with van der Waals surface area (Å²) in [6, 6.07) is 7.43. The predicted molar refractivity (Wildman–Crippen MR) is 71.8 cm³/mol. The first kappa shape index (κ1) is 13.4. The molecule has 1 aromatic carbocycles. The lowest BCUT2D eigenvalue weighted by molar-refractivity contribution is -0.130. The monoisotopic (exact) mass is 267 g/mol. The van der Waals surface area contributed by atoms with Crippen molar-refractivity contribution in [2.24, 2.45) is 0 Å². The van der Waals surface area contributed by atoms with E-state index in [0.717, 1.165) is 25.0 Å². The van der Waals surface area contributed by atoms with Crippen LogP contribution in [0, 0.1) is 0 Å². The van der Waals surface area contributed by atoms with E-state index in [-0.39, 0.29) is 12.0 Å². The van der Waals surface area contributed by atoms with E-state index < -0.39 is 0 Å². The fourth-order valence-corrected chi connectivity index (χ4v) is 2.36. The van der Waals surface area contributed by atoms with Gasteiger partial charge in [0.25, 0.3) is 0 Å². The molecule has 18 heavy (non-hydrogen) atoms. The maximum absolute atomic E-state index is 12.0. The second-order valence-electron chi connectivity index (χ2n) is 4.72. The molecule has 1 aliphatic rings. The third-order valence-corrected chi connectivity index (χ3v) is 3.41. The number of benzene rings is 1. The molecule has 1 fully saturated rings. The zero-order valence-electron chi connectivity index (χ0n) is 10.6. The minimum atomic E-state index is 0.104. The van der Waals surface area contributed by atoms with Crippen LogP contribution in [-0.4, -0.2) is 37.1 Å². The van der Waals surface area contributed by atoms with Crippen LogP contribution in [0.5, 0.6) is 0 Å². The molecule has 0 bridgehead atoms. The van der Waals surface area contributed by atoms with Gasteiger partial charge in [0, 0.05) is 25.2 Å². The average molecular weight is 268 g/mol. The van der Waals surface area contributed by atoms with Gasteiger partial charge in [0.15, 0.2) is 0 Å².